The molecule has 0 saturated carbocycles. The lowest BCUT2D eigenvalue weighted by atomic mass is 9.91. The van der Waals surface area contributed by atoms with Crippen LogP contribution in [0, 0.1) is 17.6 Å². The smallest absolute Gasteiger partial charge is 0.368 e. The van der Waals surface area contributed by atoms with Crippen LogP contribution in [0.5, 0.6) is 0 Å². The number of rotatable bonds is 9. The van der Waals surface area contributed by atoms with E-state index in [4.69, 9.17) is 9.97 Å². The first-order valence-electron chi connectivity index (χ1n) is 19.8. The number of hydrogen-bond acceptors (Lipinski definition) is 9. The molecule has 6 aromatic rings. The maximum absolute atomic E-state index is 15.9. The molecule has 4 aromatic heterocycles. The Hall–Kier alpha value is -6.37. The molecule has 0 spiro atoms. The van der Waals surface area contributed by atoms with Crippen molar-refractivity contribution in [2.45, 2.75) is 50.0 Å². The minimum absolute atomic E-state index is 0.0901. The van der Waals surface area contributed by atoms with Gasteiger partial charge in [0.1, 0.15) is 23.9 Å². The van der Waals surface area contributed by atoms with Gasteiger partial charge in [0.15, 0.2) is 16.5 Å². The van der Waals surface area contributed by atoms with E-state index in [2.05, 4.69) is 30.5 Å². The van der Waals surface area contributed by atoms with Crippen LogP contribution in [0.2, 0.25) is 0 Å². The van der Waals surface area contributed by atoms with E-state index in [9.17, 15) is 31.5 Å². The number of halogens is 7. The molecule has 6 heterocycles. The largest absolute Gasteiger partial charge is 0.435 e. The SMILES string of the molecule is O=C(Cn1nc(C(F)(F)F)c2c1C(F)(F)[C@@H]1CC=C[C@H]21)N[C@@H](Cc1cc(F)cc(F)c1)c1nc2nc(N3CCN(c4ccncc4)CC3)sc2cc1-c1cccc2c1CNC2=O. The number of carbonyl (C=O) groups excluding carboxylic acids is 2. The van der Waals surface area contributed by atoms with Gasteiger partial charge in [0, 0.05) is 85.4 Å². The predicted molar refractivity (Wildman–Crippen MR) is 215 cm³/mol. The lowest BCUT2D eigenvalue weighted by molar-refractivity contribution is -0.142. The van der Waals surface area contributed by atoms with Crippen LogP contribution in [0.1, 0.15) is 62.5 Å². The standard InChI is InChI=1S/C43H34F7N9O2S/c44-23-15-22(16-24(45)18-23)17-32(53-34(60)21-59-38-35(37(56-59)43(48,49)50)28-5-2-6-31(28)42(38,46)47)36-29(26-3-1-4-27-30(26)20-52-40(27)61)19-33-39(54-36)55-41(62-33)58-13-11-57(12-14-58)25-7-9-51-10-8-25/h1-5,7-10,15-16,18-19,28,31-32H,6,11-14,17,20-21H2,(H,52,61)(H,53,60)/t28-,31+,32-/m0/s1. The Balaban J connectivity index is 1.06. The van der Waals surface area contributed by atoms with Crippen LogP contribution in [-0.4, -0.2) is 62.7 Å². The summed E-state index contributed by atoms with van der Waals surface area (Å²) in [7, 11) is 0. The second-order valence-corrected chi connectivity index (χ2v) is 16.7. The second kappa shape index (κ2) is 14.9. The third-order valence-corrected chi connectivity index (χ3v) is 13.0. The summed E-state index contributed by atoms with van der Waals surface area (Å²) < 4.78 is 105. The molecule has 2 aliphatic heterocycles. The Bertz CT molecular complexity index is 2780. The zero-order chi connectivity index (χ0) is 43.1. The number of fused-ring (bicyclic) bond motifs is 5. The highest BCUT2D eigenvalue weighted by Crippen LogP contribution is 2.59. The summed E-state index contributed by atoms with van der Waals surface area (Å²) >= 11 is 1.39. The summed E-state index contributed by atoms with van der Waals surface area (Å²) in [6.07, 6.45) is 0.680. The van der Waals surface area contributed by atoms with Crippen molar-refractivity contribution >= 4 is 44.3 Å². The number of amides is 2. The van der Waals surface area contributed by atoms with E-state index >= 15 is 8.78 Å². The maximum atomic E-state index is 15.9. The minimum Gasteiger partial charge on any atom is -0.368 e. The lowest BCUT2D eigenvalue weighted by Gasteiger charge is -2.35. The number of aromatic nitrogens is 5. The predicted octanol–water partition coefficient (Wildman–Crippen LogP) is 7.68. The molecule has 2 N–H and O–H groups in total. The summed E-state index contributed by atoms with van der Waals surface area (Å²) in [5.74, 6) is -9.53. The normalized spacial score (nSPS) is 19.4. The van der Waals surface area contributed by atoms with Gasteiger partial charge in [0.25, 0.3) is 11.8 Å². The summed E-state index contributed by atoms with van der Waals surface area (Å²) in [5.41, 5.74) is 0.504. The van der Waals surface area contributed by atoms with Crippen LogP contribution >= 0.6 is 11.3 Å². The first-order chi connectivity index (χ1) is 29.7. The zero-order valence-corrected chi connectivity index (χ0v) is 33.2. The molecule has 318 valence electrons. The van der Waals surface area contributed by atoms with Gasteiger partial charge in [0.05, 0.1) is 16.4 Å². The first-order valence-corrected chi connectivity index (χ1v) is 20.6. The molecule has 2 amide bonds. The summed E-state index contributed by atoms with van der Waals surface area (Å²) in [5, 5.41) is 9.79. The molecule has 0 unspecified atom stereocenters. The van der Waals surface area contributed by atoms with Crippen LogP contribution in [0.3, 0.4) is 0 Å². The molecular weight excluding hydrogens is 840 g/mol. The molecule has 4 aliphatic rings. The second-order valence-electron chi connectivity index (χ2n) is 15.7. The third-order valence-electron chi connectivity index (χ3n) is 12.0. The van der Waals surface area contributed by atoms with E-state index in [0.29, 0.717) is 69.0 Å². The van der Waals surface area contributed by atoms with Crippen LogP contribution in [0.15, 0.2) is 79.1 Å². The molecule has 2 aromatic carbocycles. The molecule has 1 fully saturated rings. The quantitative estimate of drug-likeness (QED) is 0.112. The van der Waals surface area contributed by atoms with Gasteiger partial charge in [-0.05, 0) is 65.9 Å². The number of carbonyl (C=O) groups is 2. The average Bonchev–Trinajstić information content (AvgIpc) is 4.07. The van der Waals surface area contributed by atoms with Gasteiger partial charge in [-0.25, -0.2) is 13.8 Å². The van der Waals surface area contributed by atoms with E-state index in [1.165, 1.54) is 23.5 Å². The number of pyridine rings is 2. The topological polar surface area (TPSA) is 121 Å². The van der Waals surface area contributed by atoms with E-state index in [0.717, 1.165) is 17.8 Å². The van der Waals surface area contributed by atoms with Crippen LogP contribution in [-0.2, 0) is 36.4 Å². The number of thiazole rings is 1. The van der Waals surface area contributed by atoms with Gasteiger partial charge < -0.3 is 20.4 Å². The number of nitrogens with zero attached hydrogens (tertiary/aromatic N) is 7. The fourth-order valence-electron chi connectivity index (χ4n) is 9.22. The van der Waals surface area contributed by atoms with Crippen molar-refractivity contribution in [3.8, 4) is 11.1 Å². The van der Waals surface area contributed by atoms with Crippen molar-refractivity contribution < 1.29 is 40.3 Å². The first kappa shape index (κ1) is 39.7. The highest BCUT2D eigenvalue weighted by Gasteiger charge is 2.60. The zero-order valence-electron chi connectivity index (χ0n) is 32.4. The molecule has 19 heteroatoms. The van der Waals surface area contributed by atoms with Crippen LogP contribution in [0.25, 0.3) is 21.5 Å². The number of hydrogen-bond donors (Lipinski definition) is 2. The van der Waals surface area contributed by atoms with Crippen molar-refractivity contribution in [2.24, 2.45) is 5.92 Å². The summed E-state index contributed by atoms with van der Waals surface area (Å²) in [6.45, 7) is 1.81. The fourth-order valence-corrected chi connectivity index (χ4v) is 10.2. The highest BCUT2D eigenvalue weighted by molar-refractivity contribution is 7.22. The number of anilines is 2. The van der Waals surface area contributed by atoms with Crippen LogP contribution in [0.4, 0.5) is 41.6 Å². The van der Waals surface area contributed by atoms with Gasteiger partial charge in [-0.15, -0.1) is 0 Å². The fraction of sp³-hybridized carbons (Fsp3) is 0.302. The van der Waals surface area contributed by atoms with E-state index < -0.39 is 71.0 Å². The average molecular weight is 874 g/mol. The number of allylic oxidation sites excluding steroid dienone is 2. The molecule has 11 nitrogen and oxygen atoms in total. The molecule has 10 rings (SSSR count). The van der Waals surface area contributed by atoms with Gasteiger partial charge >= 0.3 is 6.18 Å². The van der Waals surface area contributed by atoms with Crippen molar-refractivity contribution in [1.29, 1.82) is 0 Å². The van der Waals surface area contributed by atoms with Crippen molar-refractivity contribution in [2.75, 3.05) is 36.0 Å². The van der Waals surface area contributed by atoms with Crippen molar-refractivity contribution in [1.82, 2.24) is 35.4 Å². The Kier molecular flexibility index (Phi) is 9.56. The molecule has 2 aliphatic carbocycles. The summed E-state index contributed by atoms with van der Waals surface area (Å²) in [4.78, 5) is 45.3. The number of nitrogens with one attached hydrogen (secondary N) is 2. The van der Waals surface area contributed by atoms with E-state index in [-0.39, 0.29) is 42.2 Å². The van der Waals surface area contributed by atoms with Gasteiger partial charge in [0.2, 0.25) is 5.91 Å². The molecule has 3 atom stereocenters. The Labute approximate surface area is 352 Å². The molecule has 0 radical (unpaired) electrons. The maximum Gasteiger partial charge on any atom is 0.435 e. The third kappa shape index (κ3) is 6.91. The number of piperazine rings is 1. The van der Waals surface area contributed by atoms with E-state index in [1.807, 2.05) is 18.2 Å². The molecule has 1 saturated heterocycles. The molecule has 62 heavy (non-hydrogen) atoms. The van der Waals surface area contributed by atoms with Crippen molar-refractivity contribution in [3.63, 3.8) is 0 Å². The Morgan fingerprint density at radius 2 is 1.68 bits per heavy atom. The van der Waals surface area contributed by atoms with Gasteiger partial charge in [-0.2, -0.15) is 32.0 Å². The monoisotopic (exact) mass is 873 g/mol. The minimum atomic E-state index is -5.09. The van der Waals surface area contributed by atoms with Crippen molar-refractivity contribution in [3.05, 3.63) is 130 Å². The van der Waals surface area contributed by atoms with Crippen LogP contribution < -0.4 is 20.4 Å². The number of benzene rings is 2. The summed E-state index contributed by atoms with van der Waals surface area (Å²) in [6, 6.07) is 12.4. The molecular formula is C43H34F7N9O2S. The van der Waals surface area contributed by atoms with Gasteiger partial charge in [-0.1, -0.05) is 35.6 Å². The van der Waals surface area contributed by atoms with Gasteiger partial charge in [-0.3, -0.25) is 19.3 Å². The Morgan fingerprint density at radius 3 is 2.42 bits per heavy atom. The highest BCUT2D eigenvalue weighted by atomic mass is 32.1. The lowest BCUT2D eigenvalue weighted by Crippen LogP contribution is -2.46. The number of alkyl halides is 5. The molecule has 0 bridgehead atoms. The Morgan fingerprint density at radius 1 is 0.952 bits per heavy atom. The van der Waals surface area contributed by atoms with E-state index in [1.54, 1.807) is 30.6 Å².